The minimum Gasteiger partial charge on any atom is -0.379 e. The predicted molar refractivity (Wildman–Crippen MR) is 66.1 cm³/mol. The molecule has 2 heterocycles. The first-order valence-electron chi connectivity index (χ1n) is 5.31. The molecule has 6 nitrogen and oxygen atoms in total. The number of hydrogen-bond acceptors (Lipinski definition) is 5. The number of pyridine rings is 1. The van der Waals surface area contributed by atoms with Crippen LogP contribution in [-0.2, 0) is 4.74 Å². The first-order chi connectivity index (χ1) is 8.16. The number of ether oxygens (including phenoxy) is 1. The summed E-state index contributed by atoms with van der Waals surface area (Å²) in [6.45, 7) is 1.32. The van der Waals surface area contributed by atoms with Gasteiger partial charge in [0.1, 0.15) is 0 Å². The van der Waals surface area contributed by atoms with Gasteiger partial charge in [0.2, 0.25) is 5.82 Å². The van der Waals surface area contributed by atoms with E-state index in [0.717, 1.165) is 19.4 Å². The molecule has 0 spiro atoms. The maximum absolute atomic E-state index is 10.9. The lowest BCUT2D eigenvalue weighted by molar-refractivity contribution is -0.384. The lowest BCUT2D eigenvalue weighted by Gasteiger charge is -2.23. The molecule has 1 atom stereocenters. The molecule has 92 valence electrons. The molecule has 0 radical (unpaired) electrons. The molecule has 0 saturated carbocycles. The fraction of sp³-hybridized carbons (Fsp3) is 0.500. The monoisotopic (exact) mass is 301 g/mol. The van der Waals surface area contributed by atoms with E-state index in [1.54, 1.807) is 6.20 Å². The summed E-state index contributed by atoms with van der Waals surface area (Å²) in [5, 5.41) is 13.9. The highest BCUT2D eigenvalue weighted by atomic mass is 79.9. The third-order valence-corrected chi connectivity index (χ3v) is 2.97. The molecule has 0 aromatic carbocycles. The van der Waals surface area contributed by atoms with Crippen LogP contribution in [0.25, 0.3) is 0 Å². The second-order valence-corrected chi connectivity index (χ2v) is 4.75. The summed E-state index contributed by atoms with van der Waals surface area (Å²) >= 11 is 3.17. The van der Waals surface area contributed by atoms with Crippen LogP contribution in [0, 0.1) is 10.1 Å². The maximum atomic E-state index is 10.9. The van der Waals surface area contributed by atoms with Gasteiger partial charge in [-0.2, -0.15) is 0 Å². The molecular weight excluding hydrogens is 290 g/mol. The number of anilines is 1. The molecule has 0 bridgehead atoms. The van der Waals surface area contributed by atoms with E-state index in [1.165, 1.54) is 6.07 Å². The van der Waals surface area contributed by atoms with Gasteiger partial charge in [0.05, 0.1) is 17.6 Å². The molecule has 1 saturated heterocycles. The average Bonchev–Trinajstić information content (AvgIpc) is 2.32. The Morgan fingerprint density at radius 2 is 2.47 bits per heavy atom. The van der Waals surface area contributed by atoms with Gasteiger partial charge in [0.25, 0.3) is 0 Å². The van der Waals surface area contributed by atoms with Crippen molar-refractivity contribution in [2.45, 2.75) is 18.9 Å². The predicted octanol–water partition coefficient (Wildman–Crippen LogP) is 2.34. The number of nitrogens with one attached hydrogen (secondary N) is 1. The summed E-state index contributed by atoms with van der Waals surface area (Å²) in [7, 11) is 0. The van der Waals surface area contributed by atoms with Gasteiger partial charge >= 0.3 is 5.69 Å². The molecular formula is C10H12BrN3O3. The van der Waals surface area contributed by atoms with Gasteiger partial charge in [0.15, 0.2) is 0 Å². The molecule has 0 aliphatic carbocycles. The Morgan fingerprint density at radius 3 is 3.12 bits per heavy atom. The van der Waals surface area contributed by atoms with Gasteiger partial charge < -0.3 is 10.1 Å². The minimum absolute atomic E-state index is 0.0232. The second kappa shape index (κ2) is 5.42. The summed E-state index contributed by atoms with van der Waals surface area (Å²) in [5.41, 5.74) is -0.0232. The Bertz CT molecular complexity index is 421. The van der Waals surface area contributed by atoms with E-state index in [1.807, 2.05) is 0 Å². The van der Waals surface area contributed by atoms with Gasteiger partial charge in [-0.25, -0.2) is 4.98 Å². The van der Waals surface area contributed by atoms with Crippen molar-refractivity contribution in [3.05, 3.63) is 26.9 Å². The van der Waals surface area contributed by atoms with E-state index in [-0.39, 0.29) is 11.7 Å². The Hall–Kier alpha value is -1.21. The third-order valence-electron chi connectivity index (χ3n) is 2.53. The number of aromatic nitrogens is 1. The molecule has 17 heavy (non-hydrogen) atoms. The van der Waals surface area contributed by atoms with Gasteiger partial charge in [-0.15, -0.1) is 0 Å². The molecule has 7 heteroatoms. The summed E-state index contributed by atoms with van der Waals surface area (Å²) in [5.74, 6) is 0.300. The Labute approximate surface area is 107 Å². The first kappa shape index (κ1) is 12.3. The summed E-state index contributed by atoms with van der Waals surface area (Å²) in [6, 6.07) is 1.54. The van der Waals surface area contributed by atoms with Gasteiger partial charge in [0, 0.05) is 23.3 Å². The van der Waals surface area contributed by atoms with Crippen LogP contribution >= 0.6 is 15.9 Å². The summed E-state index contributed by atoms with van der Waals surface area (Å²) in [6.07, 6.45) is 3.44. The average molecular weight is 302 g/mol. The van der Waals surface area contributed by atoms with E-state index in [2.05, 4.69) is 26.2 Å². The first-order valence-corrected chi connectivity index (χ1v) is 6.10. The lowest BCUT2D eigenvalue weighted by atomic mass is 10.1. The van der Waals surface area contributed by atoms with Crippen LogP contribution in [0.3, 0.4) is 0 Å². The van der Waals surface area contributed by atoms with E-state index in [4.69, 9.17) is 4.74 Å². The fourth-order valence-corrected chi connectivity index (χ4v) is 2.05. The highest BCUT2D eigenvalue weighted by molar-refractivity contribution is 9.10. The van der Waals surface area contributed by atoms with Gasteiger partial charge in [-0.05, 0) is 28.8 Å². The fourth-order valence-electron chi connectivity index (χ4n) is 1.73. The van der Waals surface area contributed by atoms with Crippen LogP contribution in [-0.4, -0.2) is 29.2 Å². The molecule has 0 amide bonds. The van der Waals surface area contributed by atoms with Crippen molar-refractivity contribution in [1.82, 2.24) is 4.98 Å². The molecule has 2 rings (SSSR count). The van der Waals surface area contributed by atoms with E-state index >= 15 is 0 Å². The summed E-state index contributed by atoms with van der Waals surface area (Å²) < 4.78 is 5.90. The summed E-state index contributed by atoms with van der Waals surface area (Å²) in [4.78, 5) is 14.5. The largest absolute Gasteiger partial charge is 0.379 e. The SMILES string of the molecule is O=[N+]([O-])c1cc(Br)cnc1NC1CCCOC1. The molecule has 1 unspecified atom stereocenters. The van der Waals surface area contributed by atoms with Crippen LogP contribution in [0.5, 0.6) is 0 Å². The zero-order valence-electron chi connectivity index (χ0n) is 9.06. The number of rotatable bonds is 3. The maximum Gasteiger partial charge on any atom is 0.312 e. The molecule has 1 N–H and O–H groups in total. The van der Waals surface area contributed by atoms with Crippen LogP contribution in [0.2, 0.25) is 0 Å². The van der Waals surface area contributed by atoms with Crippen molar-refractivity contribution in [2.24, 2.45) is 0 Å². The highest BCUT2D eigenvalue weighted by Gasteiger charge is 2.20. The van der Waals surface area contributed by atoms with E-state index in [9.17, 15) is 10.1 Å². The Balaban J connectivity index is 2.16. The second-order valence-electron chi connectivity index (χ2n) is 3.84. The Kier molecular flexibility index (Phi) is 3.90. The molecule has 1 aromatic rings. The van der Waals surface area contributed by atoms with Crippen molar-refractivity contribution in [2.75, 3.05) is 18.5 Å². The van der Waals surface area contributed by atoms with Crippen LogP contribution in [0.1, 0.15) is 12.8 Å². The Morgan fingerprint density at radius 1 is 1.65 bits per heavy atom. The molecule has 1 aliphatic rings. The van der Waals surface area contributed by atoms with Crippen molar-refractivity contribution in [3.8, 4) is 0 Å². The molecule has 1 aromatic heterocycles. The smallest absolute Gasteiger partial charge is 0.312 e. The van der Waals surface area contributed by atoms with Crippen LogP contribution in [0.15, 0.2) is 16.7 Å². The minimum atomic E-state index is -0.441. The number of halogens is 1. The molecule has 1 aliphatic heterocycles. The lowest BCUT2D eigenvalue weighted by Crippen LogP contribution is -2.30. The number of hydrogen-bond donors (Lipinski definition) is 1. The van der Waals surface area contributed by atoms with E-state index in [0.29, 0.717) is 16.9 Å². The van der Waals surface area contributed by atoms with Crippen molar-refractivity contribution < 1.29 is 9.66 Å². The van der Waals surface area contributed by atoms with Gasteiger partial charge in [-0.1, -0.05) is 0 Å². The topological polar surface area (TPSA) is 77.3 Å². The van der Waals surface area contributed by atoms with Crippen LogP contribution < -0.4 is 5.32 Å². The van der Waals surface area contributed by atoms with E-state index < -0.39 is 4.92 Å². The van der Waals surface area contributed by atoms with Gasteiger partial charge in [-0.3, -0.25) is 10.1 Å². The third kappa shape index (κ3) is 3.13. The zero-order chi connectivity index (χ0) is 12.3. The zero-order valence-corrected chi connectivity index (χ0v) is 10.6. The van der Waals surface area contributed by atoms with Crippen molar-refractivity contribution >= 4 is 27.4 Å². The van der Waals surface area contributed by atoms with Crippen molar-refractivity contribution in [1.29, 1.82) is 0 Å². The highest BCUT2D eigenvalue weighted by Crippen LogP contribution is 2.26. The number of nitrogens with zero attached hydrogens (tertiary/aromatic N) is 2. The normalized spacial score (nSPS) is 19.9. The van der Waals surface area contributed by atoms with Crippen molar-refractivity contribution in [3.63, 3.8) is 0 Å². The van der Waals surface area contributed by atoms with Crippen LogP contribution in [0.4, 0.5) is 11.5 Å². The quantitative estimate of drug-likeness (QED) is 0.685. The molecule has 1 fully saturated rings. The standard InChI is InChI=1S/C10H12BrN3O3/c11-7-4-9(14(15)16)10(12-5-7)13-8-2-1-3-17-6-8/h4-5,8H,1-3,6H2,(H,12,13). The number of nitro groups is 1.